The highest BCUT2D eigenvalue weighted by Gasteiger charge is 2.44. The summed E-state index contributed by atoms with van der Waals surface area (Å²) in [5.74, 6) is 1.35. The molecule has 130 valence electrons. The molecule has 1 atom stereocenters. The maximum atomic E-state index is 12.8. The molecule has 0 unspecified atom stereocenters. The van der Waals surface area contributed by atoms with Gasteiger partial charge in [-0.15, -0.1) is 0 Å². The molecule has 3 saturated heterocycles. The van der Waals surface area contributed by atoms with E-state index in [4.69, 9.17) is 4.74 Å². The summed E-state index contributed by atoms with van der Waals surface area (Å²) in [7, 11) is 0. The summed E-state index contributed by atoms with van der Waals surface area (Å²) in [6.07, 6.45) is 8.83. The van der Waals surface area contributed by atoms with E-state index in [1.807, 2.05) is 6.07 Å². The molecule has 1 spiro atoms. The molecular weight excluding hydrogens is 304 g/mol. The lowest BCUT2D eigenvalue weighted by Gasteiger charge is -2.40. The number of aromatic nitrogens is 2. The Kier molecular flexibility index (Phi) is 4.39. The van der Waals surface area contributed by atoms with Crippen LogP contribution in [0.3, 0.4) is 0 Å². The minimum atomic E-state index is 0.172. The summed E-state index contributed by atoms with van der Waals surface area (Å²) in [5, 5.41) is 0. The Bertz CT molecular complexity index is 576. The van der Waals surface area contributed by atoms with Gasteiger partial charge in [0.2, 0.25) is 11.9 Å². The van der Waals surface area contributed by atoms with Crippen molar-refractivity contribution in [2.75, 3.05) is 44.3 Å². The topological polar surface area (TPSA) is 58.6 Å². The summed E-state index contributed by atoms with van der Waals surface area (Å²) in [5.41, 5.74) is 0.221. The number of hydrogen-bond acceptors (Lipinski definition) is 5. The molecule has 0 saturated carbocycles. The van der Waals surface area contributed by atoms with Crippen molar-refractivity contribution in [2.45, 2.75) is 32.1 Å². The number of amides is 1. The number of ether oxygens (including phenoxy) is 1. The van der Waals surface area contributed by atoms with E-state index in [2.05, 4.69) is 19.8 Å². The Labute approximate surface area is 143 Å². The zero-order chi connectivity index (χ0) is 16.4. The summed E-state index contributed by atoms with van der Waals surface area (Å²) in [6, 6.07) is 1.85. The Hall–Kier alpha value is -1.69. The molecule has 0 aliphatic carbocycles. The second kappa shape index (κ2) is 6.67. The summed E-state index contributed by atoms with van der Waals surface area (Å²) in [4.78, 5) is 26.0. The molecule has 4 heterocycles. The lowest BCUT2D eigenvalue weighted by Crippen LogP contribution is -2.46. The Morgan fingerprint density at radius 2 is 1.92 bits per heavy atom. The van der Waals surface area contributed by atoms with Gasteiger partial charge in [0.25, 0.3) is 0 Å². The highest BCUT2D eigenvalue weighted by atomic mass is 16.5. The van der Waals surface area contributed by atoms with Gasteiger partial charge >= 0.3 is 0 Å². The first-order valence-electron chi connectivity index (χ1n) is 9.14. The molecule has 3 aliphatic heterocycles. The third-order valence-electron chi connectivity index (χ3n) is 5.82. The summed E-state index contributed by atoms with van der Waals surface area (Å²) >= 11 is 0. The molecule has 4 rings (SSSR count). The van der Waals surface area contributed by atoms with Crippen molar-refractivity contribution in [3.8, 4) is 0 Å². The third kappa shape index (κ3) is 3.11. The predicted octanol–water partition coefficient (Wildman–Crippen LogP) is 1.72. The van der Waals surface area contributed by atoms with Gasteiger partial charge in [0.05, 0.1) is 0 Å². The van der Waals surface area contributed by atoms with Crippen LogP contribution in [0.1, 0.15) is 32.1 Å². The maximum absolute atomic E-state index is 12.8. The number of carbonyl (C=O) groups excluding carboxylic acids is 1. The van der Waals surface area contributed by atoms with E-state index in [1.165, 1.54) is 6.42 Å². The van der Waals surface area contributed by atoms with E-state index in [0.29, 0.717) is 5.91 Å². The standard InChI is InChI=1S/C18H26N4O2/c23-16(15-3-11-24-12-4-15)21-10-6-18(13-21)5-1-9-22(14-18)17-19-7-2-8-20-17/h2,7-8,15H,1,3-6,9-14H2/t18-/m0/s1. The van der Waals surface area contributed by atoms with Crippen LogP contribution in [-0.2, 0) is 9.53 Å². The molecule has 6 nitrogen and oxygen atoms in total. The number of carbonyl (C=O) groups is 1. The van der Waals surface area contributed by atoms with Crippen molar-refractivity contribution >= 4 is 11.9 Å². The highest BCUT2D eigenvalue weighted by molar-refractivity contribution is 5.79. The fourth-order valence-electron chi connectivity index (χ4n) is 4.49. The van der Waals surface area contributed by atoms with Crippen molar-refractivity contribution in [3.63, 3.8) is 0 Å². The van der Waals surface area contributed by atoms with Crippen LogP contribution in [0.2, 0.25) is 0 Å². The Morgan fingerprint density at radius 3 is 2.71 bits per heavy atom. The van der Waals surface area contributed by atoms with E-state index < -0.39 is 0 Å². The average Bonchev–Trinajstić information content (AvgIpc) is 3.06. The van der Waals surface area contributed by atoms with Gasteiger partial charge in [-0.05, 0) is 38.2 Å². The lowest BCUT2D eigenvalue weighted by molar-refractivity contribution is -0.137. The lowest BCUT2D eigenvalue weighted by atomic mass is 9.79. The van der Waals surface area contributed by atoms with Gasteiger partial charge in [-0.1, -0.05) is 0 Å². The van der Waals surface area contributed by atoms with Crippen LogP contribution in [0.5, 0.6) is 0 Å². The quantitative estimate of drug-likeness (QED) is 0.826. The van der Waals surface area contributed by atoms with E-state index in [0.717, 1.165) is 71.0 Å². The van der Waals surface area contributed by atoms with Gasteiger partial charge in [0.1, 0.15) is 0 Å². The molecule has 1 amide bonds. The SMILES string of the molecule is O=C(C1CCOCC1)N1CC[C@@]2(CCCN(c3ncccn3)C2)C1. The first kappa shape index (κ1) is 15.8. The fourth-order valence-corrected chi connectivity index (χ4v) is 4.49. The first-order valence-corrected chi connectivity index (χ1v) is 9.14. The monoisotopic (exact) mass is 330 g/mol. The first-order chi connectivity index (χ1) is 11.8. The molecule has 1 aromatic heterocycles. The van der Waals surface area contributed by atoms with E-state index in [9.17, 15) is 4.79 Å². The van der Waals surface area contributed by atoms with Gasteiger partial charge in [0, 0.05) is 63.1 Å². The fraction of sp³-hybridized carbons (Fsp3) is 0.722. The number of likely N-dealkylation sites (tertiary alicyclic amines) is 1. The summed E-state index contributed by atoms with van der Waals surface area (Å²) in [6.45, 7) is 5.24. The molecule has 0 bridgehead atoms. The number of rotatable bonds is 2. The zero-order valence-electron chi connectivity index (χ0n) is 14.2. The van der Waals surface area contributed by atoms with Gasteiger partial charge in [0.15, 0.2) is 0 Å². The summed E-state index contributed by atoms with van der Waals surface area (Å²) < 4.78 is 5.39. The van der Waals surface area contributed by atoms with Crippen LogP contribution >= 0.6 is 0 Å². The molecule has 6 heteroatoms. The van der Waals surface area contributed by atoms with E-state index in [1.54, 1.807) is 12.4 Å². The number of anilines is 1. The Morgan fingerprint density at radius 1 is 1.12 bits per heavy atom. The second-order valence-electron chi connectivity index (χ2n) is 7.47. The van der Waals surface area contributed by atoms with Gasteiger partial charge in [-0.25, -0.2) is 9.97 Å². The number of nitrogens with zero attached hydrogens (tertiary/aromatic N) is 4. The van der Waals surface area contributed by atoms with Crippen molar-refractivity contribution in [1.82, 2.24) is 14.9 Å². The third-order valence-corrected chi connectivity index (χ3v) is 5.82. The van der Waals surface area contributed by atoms with Gasteiger partial charge in [-0.3, -0.25) is 4.79 Å². The largest absolute Gasteiger partial charge is 0.381 e. The molecule has 1 aromatic rings. The van der Waals surface area contributed by atoms with Crippen molar-refractivity contribution in [2.24, 2.45) is 11.3 Å². The predicted molar refractivity (Wildman–Crippen MR) is 90.7 cm³/mol. The zero-order valence-corrected chi connectivity index (χ0v) is 14.2. The van der Waals surface area contributed by atoms with Crippen molar-refractivity contribution in [3.05, 3.63) is 18.5 Å². The van der Waals surface area contributed by atoms with Crippen LogP contribution in [0.25, 0.3) is 0 Å². The Balaban J connectivity index is 1.42. The number of hydrogen-bond donors (Lipinski definition) is 0. The average molecular weight is 330 g/mol. The maximum Gasteiger partial charge on any atom is 0.225 e. The van der Waals surface area contributed by atoms with Crippen LogP contribution in [0, 0.1) is 11.3 Å². The van der Waals surface area contributed by atoms with Gasteiger partial charge in [-0.2, -0.15) is 0 Å². The van der Waals surface area contributed by atoms with Crippen LogP contribution in [0.15, 0.2) is 18.5 Å². The van der Waals surface area contributed by atoms with E-state index in [-0.39, 0.29) is 11.3 Å². The second-order valence-corrected chi connectivity index (χ2v) is 7.47. The minimum absolute atomic E-state index is 0.172. The molecule has 3 fully saturated rings. The van der Waals surface area contributed by atoms with E-state index >= 15 is 0 Å². The van der Waals surface area contributed by atoms with Crippen LogP contribution in [0.4, 0.5) is 5.95 Å². The highest BCUT2D eigenvalue weighted by Crippen LogP contribution is 2.40. The van der Waals surface area contributed by atoms with Crippen molar-refractivity contribution in [1.29, 1.82) is 0 Å². The van der Waals surface area contributed by atoms with Crippen molar-refractivity contribution < 1.29 is 9.53 Å². The molecule has 0 N–H and O–H groups in total. The molecule has 0 aromatic carbocycles. The van der Waals surface area contributed by atoms with Crippen LogP contribution < -0.4 is 4.90 Å². The molecule has 0 radical (unpaired) electrons. The minimum Gasteiger partial charge on any atom is -0.381 e. The van der Waals surface area contributed by atoms with Crippen LogP contribution in [-0.4, -0.2) is 60.2 Å². The smallest absolute Gasteiger partial charge is 0.225 e. The number of piperidine rings is 1. The normalized spacial score (nSPS) is 28.5. The molecule has 24 heavy (non-hydrogen) atoms. The van der Waals surface area contributed by atoms with Gasteiger partial charge < -0.3 is 14.5 Å². The molecule has 3 aliphatic rings. The molecular formula is C18H26N4O2.